The molecule has 4 heteroatoms. The molecule has 1 aliphatic heterocycles. The maximum Gasteiger partial charge on any atom is 0.233 e. The molecule has 4 nitrogen and oxygen atoms in total. The van der Waals surface area contributed by atoms with E-state index in [1.807, 2.05) is 18.2 Å². The normalized spacial score (nSPS) is 25.9. The largest absolute Gasteiger partial charge is 0.497 e. The van der Waals surface area contributed by atoms with Gasteiger partial charge in [-0.3, -0.25) is 14.5 Å². The molecule has 2 fully saturated rings. The highest BCUT2D eigenvalue weighted by Gasteiger charge is 2.53. The lowest BCUT2D eigenvalue weighted by atomic mass is 9.58. The lowest BCUT2D eigenvalue weighted by Gasteiger charge is -2.49. The molecule has 2 amide bonds. The lowest BCUT2D eigenvalue weighted by Crippen LogP contribution is -2.57. The standard InChI is InChI=1S/C22H31NO3/c1-3-4-5-8-14-23-20(24)16-22(13-7-6-12-19(22)21(23)25)17-10-9-11-18(15-17)26-2/h9-11,15,19H,3-8,12-14,16H2,1-2H3/t19-,22-/m1/s1. The minimum atomic E-state index is -0.346. The second kappa shape index (κ2) is 8.24. The van der Waals surface area contributed by atoms with Gasteiger partial charge in [-0.25, -0.2) is 0 Å². The van der Waals surface area contributed by atoms with Crippen LogP contribution in [0.25, 0.3) is 0 Å². The third-order valence-corrected chi connectivity index (χ3v) is 6.24. The van der Waals surface area contributed by atoms with E-state index in [-0.39, 0.29) is 23.1 Å². The van der Waals surface area contributed by atoms with E-state index < -0.39 is 0 Å². The van der Waals surface area contributed by atoms with Crippen LogP contribution >= 0.6 is 0 Å². The first-order valence-corrected chi connectivity index (χ1v) is 10.1. The topological polar surface area (TPSA) is 46.6 Å². The average molecular weight is 357 g/mol. The van der Waals surface area contributed by atoms with Crippen LogP contribution in [0.4, 0.5) is 0 Å². The fourth-order valence-electron chi connectivity index (χ4n) is 4.80. The van der Waals surface area contributed by atoms with Crippen LogP contribution in [0.2, 0.25) is 0 Å². The number of hydrogen-bond donors (Lipinski definition) is 0. The first-order valence-electron chi connectivity index (χ1n) is 10.1. The van der Waals surface area contributed by atoms with E-state index >= 15 is 0 Å². The summed E-state index contributed by atoms with van der Waals surface area (Å²) in [4.78, 5) is 27.7. The summed E-state index contributed by atoms with van der Waals surface area (Å²) in [6.45, 7) is 2.75. The summed E-state index contributed by atoms with van der Waals surface area (Å²) in [6.07, 6.45) is 8.70. The number of amides is 2. The molecule has 1 aliphatic carbocycles. The van der Waals surface area contributed by atoms with Crippen molar-refractivity contribution in [2.75, 3.05) is 13.7 Å². The fraction of sp³-hybridized carbons (Fsp3) is 0.636. The number of piperidine rings is 1. The summed E-state index contributed by atoms with van der Waals surface area (Å²) in [6, 6.07) is 7.99. The summed E-state index contributed by atoms with van der Waals surface area (Å²) in [7, 11) is 1.66. The summed E-state index contributed by atoms with van der Waals surface area (Å²) in [5.74, 6) is 0.781. The van der Waals surface area contributed by atoms with Gasteiger partial charge >= 0.3 is 0 Å². The highest BCUT2D eigenvalue weighted by atomic mass is 16.5. The summed E-state index contributed by atoms with van der Waals surface area (Å²) < 4.78 is 5.39. The molecule has 142 valence electrons. The zero-order chi connectivity index (χ0) is 18.6. The fourth-order valence-corrected chi connectivity index (χ4v) is 4.80. The minimum Gasteiger partial charge on any atom is -0.497 e. The van der Waals surface area contributed by atoms with Crippen molar-refractivity contribution in [3.05, 3.63) is 29.8 Å². The number of rotatable bonds is 7. The van der Waals surface area contributed by atoms with E-state index in [1.54, 1.807) is 12.0 Å². The Hall–Kier alpha value is -1.84. The summed E-state index contributed by atoms with van der Waals surface area (Å²) >= 11 is 0. The Morgan fingerprint density at radius 2 is 2.04 bits per heavy atom. The number of imide groups is 1. The Labute approximate surface area is 156 Å². The molecule has 2 atom stereocenters. The second-order valence-corrected chi connectivity index (χ2v) is 7.81. The van der Waals surface area contributed by atoms with E-state index in [0.717, 1.165) is 62.7 Å². The third-order valence-electron chi connectivity index (χ3n) is 6.24. The molecule has 0 aromatic heterocycles. The van der Waals surface area contributed by atoms with Crippen LogP contribution < -0.4 is 4.74 Å². The molecular formula is C22H31NO3. The van der Waals surface area contributed by atoms with Crippen LogP contribution in [-0.4, -0.2) is 30.4 Å². The quantitative estimate of drug-likeness (QED) is 0.534. The Kier molecular flexibility index (Phi) is 6.00. The highest BCUT2D eigenvalue weighted by molar-refractivity contribution is 6.01. The zero-order valence-electron chi connectivity index (χ0n) is 16.1. The van der Waals surface area contributed by atoms with Gasteiger partial charge in [0.15, 0.2) is 0 Å². The smallest absolute Gasteiger partial charge is 0.233 e. The molecule has 1 saturated heterocycles. The van der Waals surface area contributed by atoms with Crippen LogP contribution in [-0.2, 0) is 15.0 Å². The SMILES string of the molecule is CCCCCCN1C(=O)C[C@@]2(c3cccc(OC)c3)CCCC[C@@H]2C1=O. The predicted octanol–water partition coefficient (Wildman–Crippen LogP) is 4.46. The number of carbonyl (C=O) groups is 2. The van der Waals surface area contributed by atoms with Crippen molar-refractivity contribution in [1.29, 1.82) is 0 Å². The van der Waals surface area contributed by atoms with Crippen LogP contribution in [0.3, 0.4) is 0 Å². The molecule has 2 aliphatic rings. The van der Waals surface area contributed by atoms with Gasteiger partial charge in [0, 0.05) is 24.3 Å². The average Bonchev–Trinajstić information content (AvgIpc) is 2.67. The van der Waals surface area contributed by atoms with Crippen molar-refractivity contribution in [1.82, 2.24) is 4.90 Å². The number of nitrogens with zero attached hydrogens (tertiary/aromatic N) is 1. The number of fused-ring (bicyclic) bond motifs is 1. The Morgan fingerprint density at radius 3 is 2.81 bits per heavy atom. The van der Waals surface area contributed by atoms with E-state index in [2.05, 4.69) is 13.0 Å². The van der Waals surface area contributed by atoms with Crippen LogP contribution in [0.1, 0.15) is 70.3 Å². The number of likely N-dealkylation sites (tertiary alicyclic amines) is 1. The number of unbranched alkanes of at least 4 members (excludes halogenated alkanes) is 3. The molecular weight excluding hydrogens is 326 g/mol. The van der Waals surface area contributed by atoms with Gasteiger partial charge in [-0.05, 0) is 37.0 Å². The van der Waals surface area contributed by atoms with Gasteiger partial charge in [-0.15, -0.1) is 0 Å². The summed E-state index contributed by atoms with van der Waals surface area (Å²) in [5.41, 5.74) is 0.745. The molecule has 1 saturated carbocycles. The molecule has 0 bridgehead atoms. The molecule has 0 unspecified atom stereocenters. The van der Waals surface area contributed by atoms with Crippen molar-refractivity contribution in [2.45, 2.75) is 70.1 Å². The van der Waals surface area contributed by atoms with E-state index in [1.165, 1.54) is 0 Å². The maximum absolute atomic E-state index is 13.2. The number of benzene rings is 1. The summed E-state index contributed by atoms with van der Waals surface area (Å²) in [5, 5.41) is 0. The highest BCUT2D eigenvalue weighted by Crippen LogP contribution is 2.50. The van der Waals surface area contributed by atoms with E-state index in [0.29, 0.717) is 13.0 Å². The van der Waals surface area contributed by atoms with E-state index in [4.69, 9.17) is 4.74 Å². The van der Waals surface area contributed by atoms with Gasteiger partial charge in [0.1, 0.15) is 5.75 Å². The van der Waals surface area contributed by atoms with Crippen LogP contribution in [0.5, 0.6) is 5.75 Å². The lowest BCUT2D eigenvalue weighted by molar-refractivity contribution is -0.158. The van der Waals surface area contributed by atoms with Crippen LogP contribution in [0.15, 0.2) is 24.3 Å². The first-order chi connectivity index (χ1) is 12.6. The number of carbonyl (C=O) groups excluding carboxylic acids is 2. The zero-order valence-corrected chi connectivity index (χ0v) is 16.1. The molecule has 1 aromatic rings. The molecule has 1 aromatic carbocycles. The molecule has 26 heavy (non-hydrogen) atoms. The van der Waals surface area contributed by atoms with Gasteiger partial charge in [-0.2, -0.15) is 0 Å². The van der Waals surface area contributed by atoms with Crippen molar-refractivity contribution < 1.29 is 14.3 Å². The van der Waals surface area contributed by atoms with Crippen molar-refractivity contribution in [3.63, 3.8) is 0 Å². The first kappa shape index (κ1) is 18.9. The monoisotopic (exact) mass is 357 g/mol. The van der Waals surface area contributed by atoms with Gasteiger partial charge in [0.2, 0.25) is 11.8 Å². The van der Waals surface area contributed by atoms with E-state index in [9.17, 15) is 9.59 Å². The Bertz CT molecular complexity index is 657. The molecule has 3 rings (SSSR count). The number of hydrogen-bond acceptors (Lipinski definition) is 3. The van der Waals surface area contributed by atoms with Gasteiger partial charge in [-0.1, -0.05) is 51.2 Å². The maximum atomic E-state index is 13.2. The molecule has 0 radical (unpaired) electrons. The Morgan fingerprint density at radius 1 is 1.19 bits per heavy atom. The molecule has 0 spiro atoms. The van der Waals surface area contributed by atoms with Crippen molar-refractivity contribution in [2.24, 2.45) is 5.92 Å². The number of methoxy groups -OCH3 is 1. The third kappa shape index (κ3) is 3.51. The van der Waals surface area contributed by atoms with Gasteiger partial charge < -0.3 is 4.74 Å². The van der Waals surface area contributed by atoms with Crippen molar-refractivity contribution >= 4 is 11.8 Å². The van der Waals surface area contributed by atoms with Gasteiger partial charge in [0.05, 0.1) is 7.11 Å². The second-order valence-electron chi connectivity index (χ2n) is 7.81. The predicted molar refractivity (Wildman–Crippen MR) is 102 cm³/mol. The van der Waals surface area contributed by atoms with Gasteiger partial charge in [0.25, 0.3) is 0 Å². The molecule has 0 N–H and O–H groups in total. The number of ether oxygens (including phenoxy) is 1. The van der Waals surface area contributed by atoms with Crippen molar-refractivity contribution in [3.8, 4) is 5.75 Å². The Balaban J connectivity index is 1.86. The minimum absolute atomic E-state index is 0.00692. The molecule has 1 heterocycles. The van der Waals surface area contributed by atoms with Crippen LogP contribution in [0, 0.1) is 5.92 Å².